The zero-order valence-electron chi connectivity index (χ0n) is 12.8. The topological polar surface area (TPSA) is 63.2 Å². The maximum Gasteiger partial charge on any atom is 0.315 e. The minimum atomic E-state index is -0.162. The summed E-state index contributed by atoms with van der Waals surface area (Å²) < 4.78 is 5.10. The van der Waals surface area contributed by atoms with Crippen molar-refractivity contribution in [1.82, 2.24) is 15.6 Å². The quantitative estimate of drug-likeness (QED) is 0.840. The van der Waals surface area contributed by atoms with E-state index in [0.29, 0.717) is 13.2 Å². The van der Waals surface area contributed by atoms with Crippen molar-refractivity contribution >= 4 is 6.03 Å². The van der Waals surface area contributed by atoms with Gasteiger partial charge in [-0.15, -0.1) is 0 Å². The Morgan fingerprint density at radius 2 is 2.20 bits per heavy atom. The molecule has 2 amide bonds. The van der Waals surface area contributed by atoms with E-state index in [1.807, 2.05) is 12.1 Å². The first-order valence-electron chi connectivity index (χ1n) is 6.85. The lowest BCUT2D eigenvalue weighted by atomic mass is 9.85. The van der Waals surface area contributed by atoms with Crippen LogP contribution in [0.25, 0.3) is 0 Å². The maximum absolute atomic E-state index is 12.0. The molecule has 20 heavy (non-hydrogen) atoms. The normalized spacial score (nSPS) is 12.8. The third-order valence-electron chi connectivity index (χ3n) is 3.14. The molecule has 0 radical (unpaired) electrons. The van der Waals surface area contributed by atoms with Gasteiger partial charge in [-0.3, -0.25) is 4.98 Å². The summed E-state index contributed by atoms with van der Waals surface area (Å²) >= 11 is 0. The molecule has 112 valence electrons. The SMILES string of the molecule is COCCC(NC(=O)NCc1cccnc1)C(C)(C)C. The molecule has 0 aliphatic rings. The first-order valence-corrected chi connectivity index (χ1v) is 6.85. The summed E-state index contributed by atoms with van der Waals surface area (Å²) in [6.45, 7) is 7.42. The third kappa shape index (κ3) is 6.02. The highest BCUT2D eigenvalue weighted by Gasteiger charge is 2.25. The van der Waals surface area contributed by atoms with Crippen LogP contribution in [0.2, 0.25) is 0 Å². The summed E-state index contributed by atoms with van der Waals surface area (Å²) in [5.74, 6) is 0. The van der Waals surface area contributed by atoms with E-state index in [2.05, 4.69) is 36.4 Å². The summed E-state index contributed by atoms with van der Waals surface area (Å²) in [4.78, 5) is 16.0. The Bertz CT molecular complexity index is 401. The predicted octanol–water partition coefficient (Wildman–Crippen LogP) is 2.33. The molecule has 0 saturated carbocycles. The van der Waals surface area contributed by atoms with Gasteiger partial charge in [-0.05, 0) is 23.5 Å². The molecule has 5 nitrogen and oxygen atoms in total. The molecule has 5 heteroatoms. The average molecular weight is 279 g/mol. The van der Waals surface area contributed by atoms with Crippen LogP contribution in [0.15, 0.2) is 24.5 Å². The van der Waals surface area contributed by atoms with Gasteiger partial charge in [0.2, 0.25) is 0 Å². The number of carbonyl (C=O) groups excluding carboxylic acids is 1. The third-order valence-corrected chi connectivity index (χ3v) is 3.14. The lowest BCUT2D eigenvalue weighted by molar-refractivity contribution is 0.153. The number of methoxy groups -OCH3 is 1. The Hall–Kier alpha value is -1.62. The van der Waals surface area contributed by atoms with E-state index in [4.69, 9.17) is 4.74 Å². The summed E-state index contributed by atoms with van der Waals surface area (Å²) in [7, 11) is 1.67. The molecule has 0 fully saturated rings. The minimum absolute atomic E-state index is 0.00975. The van der Waals surface area contributed by atoms with Crippen LogP contribution in [-0.4, -0.2) is 30.8 Å². The van der Waals surface area contributed by atoms with Crippen molar-refractivity contribution in [3.63, 3.8) is 0 Å². The number of nitrogens with one attached hydrogen (secondary N) is 2. The Balaban J connectivity index is 2.45. The first kappa shape index (κ1) is 16.4. The van der Waals surface area contributed by atoms with E-state index in [1.165, 1.54) is 0 Å². The van der Waals surface area contributed by atoms with Gasteiger partial charge in [0.05, 0.1) is 0 Å². The van der Waals surface area contributed by atoms with Crippen molar-refractivity contribution in [1.29, 1.82) is 0 Å². The number of urea groups is 1. The van der Waals surface area contributed by atoms with Crippen molar-refractivity contribution in [3.8, 4) is 0 Å². The number of nitrogens with zero attached hydrogens (tertiary/aromatic N) is 1. The smallest absolute Gasteiger partial charge is 0.315 e. The molecule has 1 heterocycles. The van der Waals surface area contributed by atoms with E-state index < -0.39 is 0 Å². The number of hydrogen-bond acceptors (Lipinski definition) is 3. The summed E-state index contributed by atoms with van der Waals surface area (Å²) in [5, 5.41) is 5.86. The molecule has 1 aromatic rings. The van der Waals surface area contributed by atoms with Crippen molar-refractivity contribution in [3.05, 3.63) is 30.1 Å². The van der Waals surface area contributed by atoms with Crippen LogP contribution in [0, 0.1) is 5.41 Å². The number of aromatic nitrogens is 1. The van der Waals surface area contributed by atoms with Gasteiger partial charge in [0.25, 0.3) is 0 Å². The van der Waals surface area contributed by atoms with E-state index in [9.17, 15) is 4.79 Å². The van der Waals surface area contributed by atoms with E-state index in [1.54, 1.807) is 19.5 Å². The molecule has 0 aliphatic heterocycles. The lowest BCUT2D eigenvalue weighted by Gasteiger charge is -2.31. The monoisotopic (exact) mass is 279 g/mol. The highest BCUT2D eigenvalue weighted by Crippen LogP contribution is 2.21. The molecule has 0 spiro atoms. The maximum atomic E-state index is 12.0. The Kier molecular flexibility index (Phi) is 6.45. The molecule has 1 rings (SSSR count). The molecule has 2 N–H and O–H groups in total. The molecule has 0 aliphatic carbocycles. The van der Waals surface area contributed by atoms with Crippen LogP contribution in [-0.2, 0) is 11.3 Å². The molecule has 0 aromatic carbocycles. The number of hydrogen-bond donors (Lipinski definition) is 2. The number of ether oxygens (including phenoxy) is 1. The largest absolute Gasteiger partial charge is 0.385 e. The summed E-state index contributed by atoms with van der Waals surface area (Å²) in [5.41, 5.74) is 0.969. The van der Waals surface area contributed by atoms with Gasteiger partial charge in [-0.2, -0.15) is 0 Å². The van der Waals surface area contributed by atoms with Gasteiger partial charge >= 0.3 is 6.03 Å². The van der Waals surface area contributed by atoms with Crippen LogP contribution in [0.1, 0.15) is 32.8 Å². The minimum Gasteiger partial charge on any atom is -0.385 e. The predicted molar refractivity (Wildman–Crippen MR) is 79.3 cm³/mol. The second-order valence-corrected chi connectivity index (χ2v) is 5.89. The number of pyridine rings is 1. The van der Waals surface area contributed by atoms with Crippen molar-refractivity contribution in [2.24, 2.45) is 5.41 Å². The Morgan fingerprint density at radius 3 is 2.75 bits per heavy atom. The number of rotatable bonds is 6. The van der Waals surface area contributed by atoms with Crippen molar-refractivity contribution in [2.45, 2.75) is 39.8 Å². The van der Waals surface area contributed by atoms with Gasteiger partial charge in [-0.1, -0.05) is 26.8 Å². The van der Waals surface area contributed by atoms with Gasteiger partial charge in [-0.25, -0.2) is 4.79 Å². The Morgan fingerprint density at radius 1 is 1.45 bits per heavy atom. The molecular weight excluding hydrogens is 254 g/mol. The lowest BCUT2D eigenvalue weighted by Crippen LogP contribution is -2.48. The highest BCUT2D eigenvalue weighted by atomic mass is 16.5. The fraction of sp³-hybridized carbons (Fsp3) is 0.600. The fourth-order valence-electron chi connectivity index (χ4n) is 1.85. The molecule has 1 unspecified atom stereocenters. The zero-order valence-corrected chi connectivity index (χ0v) is 12.8. The molecule has 1 aromatic heterocycles. The Labute approximate surface area is 121 Å². The second-order valence-electron chi connectivity index (χ2n) is 5.89. The molecular formula is C15H25N3O2. The van der Waals surface area contributed by atoms with Crippen molar-refractivity contribution < 1.29 is 9.53 Å². The molecule has 1 atom stereocenters. The van der Waals surface area contributed by atoms with Crippen LogP contribution in [0.4, 0.5) is 4.79 Å². The number of carbonyl (C=O) groups is 1. The first-order chi connectivity index (χ1) is 9.43. The van der Waals surface area contributed by atoms with E-state index in [0.717, 1.165) is 12.0 Å². The second kappa shape index (κ2) is 7.85. The molecule has 0 bridgehead atoms. The highest BCUT2D eigenvalue weighted by molar-refractivity contribution is 5.74. The van der Waals surface area contributed by atoms with E-state index in [-0.39, 0.29) is 17.5 Å². The standard InChI is InChI=1S/C15H25N3O2/c1-15(2,3)13(7-9-20-4)18-14(19)17-11-12-6-5-8-16-10-12/h5-6,8,10,13H,7,9,11H2,1-4H3,(H2,17,18,19). The van der Waals surface area contributed by atoms with Gasteiger partial charge in [0.15, 0.2) is 0 Å². The van der Waals surface area contributed by atoms with Crippen LogP contribution >= 0.6 is 0 Å². The van der Waals surface area contributed by atoms with Crippen molar-refractivity contribution in [2.75, 3.05) is 13.7 Å². The number of amides is 2. The average Bonchev–Trinajstić information content (AvgIpc) is 2.41. The van der Waals surface area contributed by atoms with Gasteiger partial charge in [0.1, 0.15) is 0 Å². The van der Waals surface area contributed by atoms with Crippen LogP contribution in [0.3, 0.4) is 0 Å². The fourth-order valence-corrected chi connectivity index (χ4v) is 1.85. The van der Waals surface area contributed by atoms with Gasteiger partial charge < -0.3 is 15.4 Å². The zero-order chi connectivity index (χ0) is 15.0. The van der Waals surface area contributed by atoms with Gasteiger partial charge in [0, 0.05) is 38.7 Å². The van der Waals surface area contributed by atoms with E-state index >= 15 is 0 Å². The van der Waals surface area contributed by atoms with Crippen LogP contribution < -0.4 is 10.6 Å². The molecule has 0 saturated heterocycles. The summed E-state index contributed by atoms with van der Waals surface area (Å²) in [6, 6.07) is 3.69. The van der Waals surface area contributed by atoms with Crippen LogP contribution in [0.5, 0.6) is 0 Å². The summed E-state index contributed by atoms with van der Waals surface area (Å²) in [6.07, 6.45) is 4.25.